The summed E-state index contributed by atoms with van der Waals surface area (Å²) in [5.41, 5.74) is 6.31. The van der Waals surface area contributed by atoms with Gasteiger partial charge in [-0.1, -0.05) is 33.6 Å². The van der Waals surface area contributed by atoms with E-state index in [1.54, 1.807) is 0 Å². The average molecular weight is 337 g/mol. The molecule has 3 N–H and O–H groups in total. The summed E-state index contributed by atoms with van der Waals surface area (Å²) in [6.45, 7) is 6.32. The van der Waals surface area contributed by atoms with Crippen LogP contribution in [0.25, 0.3) is 0 Å². The van der Waals surface area contributed by atoms with Gasteiger partial charge in [0.15, 0.2) is 0 Å². The van der Waals surface area contributed by atoms with Crippen LogP contribution in [0.5, 0.6) is 0 Å². The van der Waals surface area contributed by atoms with E-state index in [1.807, 2.05) is 16.9 Å². The first-order valence-electron chi connectivity index (χ1n) is 6.77. The van der Waals surface area contributed by atoms with E-state index >= 15 is 0 Å². The van der Waals surface area contributed by atoms with E-state index < -0.39 is 0 Å². The SMILES string of the molecule is Cc1ccc(Br)c(C(Cc2ccn(C(C)C)n2)NN)c1. The molecule has 2 aromatic rings. The van der Waals surface area contributed by atoms with E-state index in [2.05, 4.69) is 65.4 Å². The van der Waals surface area contributed by atoms with Gasteiger partial charge in [0.05, 0.1) is 11.7 Å². The van der Waals surface area contributed by atoms with Crippen LogP contribution in [0.4, 0.5) is 0 Å². The molecule has 0 amide bonds. The highest BCUT2D eigenvalue weighted by Gasteiger charge is 2.15. The topological polar surface area (TPSA) is 55.9 Å². The van der Waals surface area contributed by atoms with E-state index in [0.29, 0.717) is 6.04 Å². The summed E-state index contributed by atoms with van der Waals surface area (Å²) < 4.78 is 3.03. The summed E-state index contributed by atoms with van der Waals surface area (Å²) in [4.78, 5) is 0. The molecule has 0 aliphatic rings. The third-order valence-corrected chi connectivity index (χ3v) is 4.06. The second-order valence-electron chi connectivity index (χ2n) is 5.33. The van der Waals surface area contributed by atoms with Crippen molar-refractivity contribution < 1.29 is 0 Å². The fraction of sp³-hybridized carbons (Fsp3) is 0.400. The maximum absolute atomic E-state index is 5.73. The fourth-order valence-electron chi connectivity index (χ4n) is 2.17. The van der Waals surface area contributed by atoms with Gasteiger partial charge in [-0.25, -0.2) is 0 Å². The Morgan fingerprint density at radius 1 is 1.35 bits per heavy atom. The van der Waals surface area contributed by atoms with Crippen molar-refractivity contribution in [3.8, 4) is 0 Å². The molecule has 0 aliphatic carbocycles. The summed E-state index contributed by atoms with van der Waals surface area (Å²) in [5, 5.41) is 4.58. The van der Waals surface area contributed by atoms with Crippen LogP contribution in [0.15, 0.2) is 34.9 Å². The molecule has 0 spiro atoms. The van der Waals surface area contributed by atoms with Crippen molar-refractivity contribution in [2.45, 2.75) is 39.3 Å². The lowest BCUT2D eigenvalue weighted by atomic mass is 10.0. The molecule has 20 heavy (non-hydrogen) atoms. The number of hydrazine groups is 1. The first-order valence-corrected chi connectivity index (χ1v) is 7.56. The lowest BCUT2D eigenvalue weighted by molar-refractivity contribution is 0.506. The van der Waals surface area contributed by atoms with Crippen LogP contribution in [0, 0.1) is 6.92 Å². The Morgan fingerprint density at radius 2 is 2.10 bits per heavy atom. The molecular formula is C15H21BrN4. The van der Waals surface area contributed by atoms with E-state index in [-0.39, 0.29) is 6.04 Å². The molecule has 0 saturated heterocycles. The van der Waals surface area contributed by atoms with Crippen LogP contribution in [-0.4, -0.2) is 9.78 Å². The quantitative estimate of drug-likeness (QED) is 0.650. The molecule has 1 unspecified atom stereocenters. The second-order valence-corrected chi connectivity index (χ2v) is 6.18. The summed E-state index contributed by atoms with van der Waals surface area (Å²) in [6, 6.07) is 8.75. The lowest BCUT2D eigenvalue weighted by Crippen LogP contribution is -2.30. The highest BCUT2D eigenvalue weighted by Crippen LogP contribution is 2.26. The minimum Gasteiger partial charge on any atom is -0.271 e. The molecule has 1 heterocycles. The molecule has 1 aromatic carbocycles. The molecule has 0 bridgehead atoms. The van der Waals surface area contributed by atoms with Crippen LogP contribution >= 0.6 is 15.9 Å². The number of hydrogen-bond acceptors (Lipinski definition) is 3. The predicted octanol–water partition coefficient (Wildman–Crippen LogP) is 3.28. The fourth-order valence-corrected chi connectivity index (χ4v) is 2.69. The van der Waals surface area contributed by atoms with Gasteiger partial charge in [0, 0.05) is 23.1 Å². The highest BCUT2D eigenvalue weighted by atomic mass is 79.9. The maximum atomic E-state index is 5.73. The largest absolute Gasteiger partial charge is 0.271 e. The van der Waals surface area contributed by atoms with E-state index in [0.717, 1.165) is 22.2 Å². The Kier molecular flexibility index (Phi) is 4.96. The van der Waals surface area contributed by atoms with E-state index in [9.17, 15) is 0 Å². The van der Waals surface area contributed by atoms with Gasteiger partial charge < -0.3 is 0 Å². The lowest BCUT2D eigenvalue weighted by Gasteiger charge is -2.17. The number of aryl methyl sites for hydroxylation is 1. The molecule has 0 radical (unpaired) electrons. The smallest absolute Gasteiger partial charge is 0.0644 e. The van der Waals surface area contributed by atoms with Crippen molar-refractivity contribution in [1.82, 2.24) is 15.2 Å². The van der Waals surface area contributed by atoms with Crippen molar-refractivity contribution >= 4 is 15.9 Å². The van der Waals surface area contributed by atoms with Crippen molar-refractivity contribution in [3.63, 3.8) is 0 Å². The Morgan fingerprint density at radius 3 is 2.70 bits per heavy atom. The van der Waals surface area contributed by atoms with E-state index in [4.69, 9.17) is 5.84 Å². The van der Waals surface area contributed by atoms with Gasteiger partial charge in [-0.3, -0.25) is 16.0 Å². The van der Waals surface area contributed by atoms with Gasteiger partial charge >= 0.3 is 0 Å². The number of halogens is 1. The standard InChI is InChI=1S/C15H21BrN4/c1-10(2)20-7-6-12(19-20)9-15(18-17)13-8-11(3)4-5-14(13)16/h4-8,10,15,18H,9,17H2,1-3H3. The molecular weight excluding hydrogens is 316 g/mol. The van der Waals surface area contributed by atoms with Gasteiger partial charge in [0.2, 0.25) is 0 Å². The number of hydrogen-bond donors (Lipinski definition) is 2. The zero-order valence-corrected chi connectivity index (χ0v) is 13.7. The normalized spacial score (nSPS) is 12.9. The van der Waals surface area contributed by atoms with Gasteiger partial charge in [0.1, 0.15) is 0 Å². The first kappa shape index (κ1) is 15.2. The van der Waals surface area contributed by atoms with Crippen molar-refractivity contribution in [2.24, 2.45) is 5.84 Å². The number of aromatic nitrogens is 2. The van der Waals surface area contributed by atoms with Crippen LogP contribution in [0.3, 0.4) is 0 Å². The van der Waals surface area contributed by atoms with Crippen molar-refractivity contribution in [3.05, 3.63) is 51.8 Å². The molecule has 4 nitrogen and oxygen atoms in total. The highest BCUT2D eigenvalue weighted by molar-refractivity contribution is 9.10. The summed E-state index contributed by atoms with van der Waals surface area (Å²) in [7, 11) is 0. The van der Waals surface area contributed by atoms with Crippen molar-refractivity contribution in [2.75, 3.05) is 0 Å². The first-order chi connectivity index (χ1) is 9.51. The van der Waals surface area contributed by atoms with Crippen LogP contribution in [0.2, 0.25) is 0 Å². The third-order valence-electron chi connectivity index (χ3n) is 3.33. The van der Waals surface area contributed by atoms with Gasteiger partial charge in [-0.15, -0.1) is 0 Å². The minimum absolute atomic E-state index is 0.0415. The van der Waals surface area contributed by atoms with Crippen molar-refractivity contribution in [1.29, 1.82) is 0 Å². The van der Waals surface area contributed by atoms with E-state index in [1.165, 1.54) is 5.56 Å². The number of nitrogens with two attached hydrogens (primary N) is 1. The maximum Gasteiger partial charge on any atom is 0.0644 e. The molecule has 2 rings (SSSR count). The summed E-state index contributed by atoms with van der Waals surface area (Å²) in [6.07, 6.45) is 2.77. The van der Waals surface area contributed by atoms with Gasteiger partial charge in [-0.05, 0) is 38.5 Å². The molecule has 5 heteroatoms. The molecule has 1 atom stereocenters. The Hall–Kier alpha value is -1.17. The Bertz CT molecular complexity index is 577. The molecule has 0 saturated carbocycles. The average Bonchev–Trinajstić information content (AvgIpc) is 2.88. The summed E-state index contributed by atoms with van der Waals surface area (Å²) >= 11 is 3.59. The predicted molar refractivity (Wildman–Crippen MR) is 85.3 cm³/mol. The van der Waals surface area contributed by atoms with Crippen LogP contribution < -0.4 is 11.3 Å². The molecule has 1 aromatic heterocycles. The monoisotopic (exact) mass is 336 g/mol. The molecule has 0 fully saturated rings. The van der Waals surface area contributed by atoms with Gasteiger partial charge in [0.25, 0.3) is 0 Å². The van der Waals surface area contributed by atoms with Crippen LogP contribution in [0.1, 0.15) is 42.8 Å². The second kappa shape index (κ2) is 6.52. The Labute approximate surface area is 128 Å². The van der Waals surface area contributed by atoms with Crippen LogP contribution in [-0.2, 0) is 6.42 Å². The number of benzene rings is 1. The number of rotatable bonds is 5. The minimum atomic E-state index is 0.0415. The number of nitrogens with zero attached hydrogens (tertiary/aromatic N) is 2. The van der Waals surface area contributed by atoms with Gasteiger partial charge in [-0.2, -0.15) is 5.10 Å². The molecule has 0 aliphatic heterocycles. The third kappa shape index (κ3) is 3.48. The Balaban J connectivity index is 2.21. The zero-order chi connectivity index (χ0) is 14.7. The molecule has 108 valence electrons. The zero-order valence-electron chi connectivity index (χ0n) is 12.1. The number of nitrogens with one attached hydrogen (secondary N) is 1. The summed E-state index contributed by atoms with van der Waals surface area (Å²) in [5.74, 6) is 5.73.